The van der Waals surface area contributed by atoms with Crippen molar-refractivity contribution < 1.29 is 76.3 Å². The Morgan fingerprint density at radius 2 is 0.500 bits per heavy atom. The highest BCUT2D eigenvalue weighted by Gasteiger charge is 2.19. The predicted octanol–water partition coefficient (Wildman–Crippen LogP) is 10.6. The van der Waals surface area contributed by atoms with E-state index >= 15 is 0 Å². The number of unbranched alkanes of at least 4 members (excludes halogenated alkanes) is 4. The summed E-state index contributed by atoms with van der Waals surface area (Å²) in [5.74, 6) is -2.22. The van der Waals surface area contributed by atoms with Crippen LogP contribution in [-0.2, 0) is 76.3 Å². The van der Waals surface area contributed by atoms with Gasteiger partial charge in [0.25, 0.3) is 0 Å². The third-order valence-electron chi connectivity index (χ3n) is 14.9. The first-order valence-corrected chi connectivity index (χ1v) is 31.9. The number of carbonyl (C=O) groups excluding carboxylic acids is 8. The van der Waals surface area contributed by atoms with E-state index in [-0.39, 0.29) is 77.8 Å². The molecule has 4 atom stereocenters. The molecule has 0 N–H and O–H groups in total. The summed E-state index contributed by atoms with van der Waals surface area (Å²) in [5.41, 5.74) is 0. The van der Waals surface area contributed by atoms with Crippen LogP contribution in [0.1, 0.15) is 222 Å². The molecule has 4 unspecified atom stereocenters. The van der Waals surface area contributed by atoms with Gasteiger partial charge < -0.3 is 52.6 Å². The number of hydrogen-bond donors (Lipinski definition) is 0. The summed E-state index contributed by atoms with van der Waals surface area (Å²) in [6.45, 7) is 21.6. The standard InChI is InChI=1S/C63H115N3O16/c1-10-18-24-52(14-5)48-79-60(71)32-44-75-56(67)28-40-65(41-29-57(68)76-45-33-61(72)80-49-53(15-6)25-19-11-2)38-22-36-64(9)37-23-39-66(42-30-58(69)77-46-34-62(73)81-50-54(16-7)26-20-12-3)43-31-59(70)78-47-35-63(74)82-51-55(17-8)27-21-13-4/h52-55H,10-51H2,1-9H3. The van der Waals surface area contributed by atoms with Crippen molar-refractivity contribution in [2.45, 2.75) is 222 Å². The number of rotatable bonds is 56. The molecule has 0 aliphatic carbocycles. The molecule has 0 bridgehead atoms. The van der Waals surface area contributed by atoms with E-state index in [0.717, 1.165) is 103 Å². The second-order valence-electron chi connectivity index (χ2n) is 22.0. The number of ether oxygens (including phenoxy) is 8. The van der Waals surface area contributed by atoms with Gasteiger partial charge in [-0.15, -0.1) is 0 Å². The Bertz CT molecular complexity index is 1460. The molecule has 82 heavy (non-hydrogen) atoms. The van der Waals surface area contributed by atoms with Crippen LogP contribution in [0, 0.1) is 23.7 Å². The molecule has 0 aliphatic heterocycles. The fraction of sp³-hybridized carbons (Fsp3) is 0.873. The quantitative estimate of drug-likeness (QED) is 0.0408. The second kappa shape index (κ2) is 53.4. The molecule has 0 amide bonds. The molecular formula is C63H115N3O16. The third kappa shape index (κ3) is 46.1. The van der Waals surface area contributed by atoms with Crippen LogP contribution in [0.5, 0.6) is 0 Å². The first kappa shape index (κ1) is 77.6. The van der Waals surface area contributed by atoms with E-state index in [4.69, 9.17) is 37.9 Å². The predicted molar refractivity (Wildman–Crippen MR) is 317 cm³/mol. The van der Waals surface area contributed by atoms with Crippen molar-refractivity contribution >= 4 is 47.8 Å². The summed E-state index contributed by atoms with van der Waals surface area (Å²) >= 11 is 0. The highest BCUT2D eigenvalue weighted by atomic mass is 16.6. The molecule has 19 heteroatoms. The molecule has 0 fully saturated rings. The largest absolute Gasteiger partial charge is 0.465 e. The van der Waals surface area contributed by atoms with Crippen LogP contribution >= 0.6 is 0 Å². The number of carbonyl (C=O) groups is 8. The van der Waals surface area contributed by atoms with Crippen molar-refractivity contribution in [2.24, 2.45) is 23.7 Å². The van der Waals surface area contributed by atoms with E-state index in [1.165, 1.54) is 0 Å². The van der Waals surface area contributed by atoms with E-state index in [2.05, 4.69) is 60.3 Å². The molecule has 0 saturated carbocycles. The summed E-state index contributed by atoms with van der Waals surface area (Å²) in [7, 11) is 1.99. The maximum Gasteiger partial charge on any atom is 0.309 e. The molecule has 0 saturated heterocycles. The lowest BCUT2D eigenvalue weighted by atomic mass is 10.0. The van der Waals surface area contributed by atoms with Crippen molar-refractivity contribution in [3.05, 3.63) is 0 Å². The van der Waals surface area contributed by atoms with E-state index < -0.39 is 47.8 Å². The van der Waals surface area contributed by atoms with Crippen LogP contribution in [0.4, 0.5) is 0 Å². The first-order valence-electron chi connectivity index (χ1n) is 31.9. The van der Waals surface area contributed by atoms with Crippen LogP contribution in [0.25, 0.3) is 0 Å². The van der Waals surface area contributed by atoms with Crippen LogP contribution in [0.2, 0.25) is 0 Å². The van der Waals surface area contributed by atoms with Crippen LogP contribution < -0.4 is 0 Å². The Balaban J connectivity index is 5.51. The molecule has 0 heterocycles. The van der Waals surface area contributed by atoms with Gasteiger partial charge in [-0.1, -0.05) is 132 Å². The minimum absolute atomic E-state index is 0.0308. The fourth-order valence-corrected chi connectivity index (χ4v) is 8.91. The Labute approximate surface area is 495 Å². The highest BCUT2D eigenvalue weighted by Crippen LogP contribution is 2.17. The minimum atomic E-state index is -0.465. The molecule has 19 nitrogen and oxygen atoms in total. The molecule has 0 aromatic carbocycles. The number of esters is 8. The van der Waals surface area contributed by atoms with E-state index in [0.29, 0.717) is 115 Å². The van der Waals surface area contributed by atoms with Crippen LogP contribution in [-0.4, -0.2) is 175 Å². The normalized spacial score (nSPS) is 12.8. The zero-order valence-corrected chi connectivity index (χ0v) is 52.9. The minimum Gasteiger partial charge on any atom is -0.465 e. The average molecular weight is 1170 g/mol. The highest BCUT2D eigenvalue weighted by molar-refractivity contribution is 5.74. The van der Waals surface area contributed by atoms with Gasteiger partial charge in [0, 0.05) is 26.2 Å². The zero-order chi connectivity index (χ0) is 61.0. The van der Waals surface area contributed by atoms with E-state index in [1.54, 1.807) is 0 Å². The molecule has 0 aliphatic rings. The molecule has 0 rings (SSSR count). The van der Waals surface area contributed by atoms with Crippen molar-refractivity contribution in [3.8, 4) is 0 Å². The summed E-state index contributed by atoms with van der Waals surface area (Å²) in [6.07, 6.45) is 17.8. The molecule has 0 spiro atoms. The number of hydrogen-bond acceptors (Lipinski definition) is 19. The lowest BCUT2D eigenvalue weighted by Crippen LogP contribution is -2.34. The van der Waals surface area contributed by atoms with Gasteiger partial charge in [-0.2, -0.15) is 0 Å². The zero-order valence-electron chi connectivity index (χ0n) is 52.9. The van der Waals surface area contributed by atoms with Gasteiger partial charge in [0.15, 0.2) is 0 Å². The van der Waals surface area contributed by atoms with Crippen molar-refractivity contribution in [2.75, 3.05) is 112 Å². The Kier molecular flexibility index (Phi) is 50.5. The van der Waals surface area contributed by atoms with E-state index in [1.807, 2.05) is 16.8 Å². The second-order valence-corrected chi connectivity index (χ2v) is 22.0. The summed E-state index contributed by atoms with van der Waals surface area (Å²) < 4.78 is 43.4. The van der Waals surface area contributed by atoms with Crippen molar-refractivity contribution in [1.82, 2.24) is 14.7 Å². The van der Waals surface area contributed by atoms with Crippen LogP contribution in [0.15, 0.2) is 0 Å². The maximum atomic E-state index is 12.8. The molecule has 0 radical (unpaired) electrons. The van der Waals surface area contributed by atoms with Gasteiger partial charge in [0.1, 0.15) is 26.4 Å². The van der Waals surface area contributed by atoms with Crippen molar-refractivity contribution in [1.29, 1.82) is 0 Å². The lowest BCUT2D eigenvalue weighted by Gasteiger charge is -2.25. The smallest absolute Gasteiger partial charge is 0.309 e. The van der Waals surface area contributed by atoms with Gasteiger partial charge in [-0.3, -0.25) is 38.4 Å². The van der Waals surface area contributed by atoms with Gasteiger partial charge >= 0.3 is 47.8 Å². The summed E-state index contributed by atoms with van der Waals surface area (Å²) in [4.78, 5) is 107. The van der Waals surface area contributed by atoms with Crippen molar-refractivity contribution in [3.63, 3.8) is 0 Å². The SMILES string of the molecule is CCCCC(CC)COC(=O)CCOC(=O)CCN(CCCN(C)CCCN(CCC(=O)OCCC(=O)OCC(CC)CCCC)CCC(=O)OCCC(=O)OCC(CC)CCCC)CCC(=O)OCCC(=O)OCC(CC)CCCC. The van der Waals surface area contributed by atoms with Gasteiger partial charge in [-0.05, 0) is 95.4 Å². The molecule has 0 aromatic heterocycles. The third-order valence-corrected chi connectivity index (χ3v) is 14.9. The first-order chi connectivity index (χ1) is 39.5. The van der Waals surface area contributed by atoms with Gasteiger partial charge in [-0.25, -0.2) is 0 Å². The molecule has 0 aromatic rings. The average Bonchev–Trinajstić information content (AvgIpc) is 3.46. The number of nitrogens with zero attached hydrogens (tertiary/aromatic N) is 3. The van der Waals surface area contributed by atoms with Gasteiger partial charge in [0.05, 0.1) is 77.8 Å². The monoisotopic (exact) mass is 1170 g/mol. The fourth-order valence-electron chi connectivity index (χ4n) is 8.91. The Hall–Kier alpha value is -4.36. The van der Waals surface area contributed by atoms with E-state index in [9.17, 15) is 38.4 Å². The Morgan fingerprint density at radius 1 is 0.280 bits per heavy atom. The summed E-state index contributed by atoms with van der Waals surface area (Å²) in [6, 6.07) is 0. The Morgan fingerprint density at radius 3 is 0.707 bits per heavy atom. The topological polar surface area (TPSA) is 220 Å². The lowest BCUT2D eigenvalue weighted by molar-refractivity contribution is -0.152. The molecular weight excluding hydrogens is 1050 g/mol. The summed E-state index contributed by atoms with van der Waals surface area (Å²) in [5, 5.41) is 0. The maximum absolute atomic E-state index is 12.8. The molecule has 478 valence electrons. The van der Waals surface area contributed by atoms with Gasteiger partial charge in [0.2, 0.25) is 0 Å². The van der Waals surface area contributed by atoms with Crippen LogP contribution in [0.3, 0.4) is 0 Å².